The summed E-state index contributed by atoms with van der Waals surface area (Å²) in [5.74, 6) is 1.22. The summed E-state index contributed by atoms with van der Waals surface area (Å²) in [5.41, 5.74) is 5.88. The van der Waals surface area contributed by atoms with Gasteiger partial charge in [-0.1, -0.05) is 79.9 Å². The molecule has 1 aliphatic heterocycles. The van der Waals surface area contributed by atoms with Gasteiger partial charge in [0.2, 0.25) is 0 Å². The van der Waals surface area contributed by atoms with Gasteiger partial charge in [-0.05, 0) is 42.2 Å². The molecule has 6 rings (SSSR count). The van der Waals surface area contributed by atoms with Crippen LogP contribution in [0.3, 0.4) is 0 Å². The fourth-order valence-electron chi connectivity index (χ4n) is 6.07. The highest BCUT2D eigenvalue weighted by Crippen LogP contribution is 2.49. The van der Waals surface area contributed by atoms with Crippen molar-refractivity contribution in [2.24, 2.45) is 0 Å². The van der Waals surface area contributed by atoms with E-state index in [2.05, 4.69) is 89.2 Å². The molecule has 1 aromatic heterocycles. The van der Waals surface area contributed by atoms with Crippen molar-refractivity contribution in [1.29, 1.82) is 0 Å². The van der Waals surface area contributed by atoms with Gasteiger partial charge in [0, 0.05) is 28.9 Å². The number of ether oxygens (including phenoxy) is 2. The highest BCUT2D eigenvalue weighted by atomic mass is 16.5. The number of aromatic amines is 1. The molecule has 1 aliphatic carbocycles. The zero-order valence-corrected chi connectivity index (χ0v) is 19.7. The van der Waals surface area contributed by atoms with Crippen LogP contribution in [0.25, 0.3) is 22.2 Å². The standard InChI is InChI=1S/C30H32N2O2/c1-33-23-16-14-21(15-17-23)25-20-31-29(34-30(25)18-8-3-9-19-30)27-24-12-6-7-13-26(24)32-28(27)22-10-4-2-5-11-22/h2,4-7,10-17,25,29,31-32H,3,8-9,18-20H2,1H3. The molecule has 174 valence electrons. The number of hydrogen-bond donors (Lipinski definition) is 2. The maximum atomic E-state index is 7.19. The summed E-state index contributed by atoms with van der Waals surface area (Å²) in [6.45, 7) is 0.894. The van der Waals surface area contributed by atoms with E-state index in [1.165, 1.54) is 41.3 Å². The summed E-state index contributed by atoms with van der Waals surface area (Å²) in [5, 5.41) is 5.03. The van der Waals surface area contributed by atoms with Gasteiger partial charge < -0.3 is 14.5 Å². The van der Waals surface area contributed by atoms with Crippen LogP contribution in [0.15, 0.2) is 78.9 Å². The molecule has 4 heteroatoms. The van der Waals surface area contributed by atoms with E-state index in [4.69, 9.17) is 9.47 Å². The first-order valence-corrected chi connectivity index (χ1v) is 12.5. The molecule has 34 heavy (non-hydrogen) atoms. The molecule has 2 unspecified atom stereocenters. The van der Waals surface area contributed by atoms with E-state index < -0.39 is 0 Å². The van der Waals surface area contributed by atoms with Crippen LogP contribution in [-0.2, 0) is 4.74 Å². The number of H-pyrrole nitrogens is 1. The Morgan fingerprint density at radius 1 is 0.853 bits per heavy atom. The minimum Gasteiger partial charge on any atom is -0.497 e. The number of rotatable bonds is 4. The van der Waals surface area contributed by atoms with Crippen LogP contribution < -0.4 is 10.1 Å². The van der Waals surface area contributed by atoms with Gasteiger partial charge in [0.1, 0.15) is 12.0 Å². The lowest BCUT2D eigenvalue weighted by Crippen LogP contribution is -2.53. The topological polar surface area (TPSA) is 46.3 Å². The van der Waals surface area contributed by atoms with Crippen LogP contribution in [0.2, 0.25) is 0 Å². The van der Waals surface area contributed by atoms with Gasteiger partial charge in [-0.2, -0.15) is 0 Å². The Labute approximate surface area is 201 Å². The lowest BCUT2D eigenvalue weighted by Gasteiger charge is -2.50. The second-order valence-corrected chi connectivity index (χ2v) is 9.68. The van der Waals surface area contributed by atoms with Gasteiger partial charge in [-0.25, -0.2) is 0 Å². The van der Waals surface area contributed by atoms with Crippen molar-refractivity contribution in [3.05, 3.63) is 90.0 Å². The molecule has 2 aliphatic rings. The molecule has 1 saturated carbocycles. The average molecular weight is 453 g/mol. The molecule has 4 nitrogen and oxygen atoms in total. The fourth-order valence-corrected chi connectivity index (χ4v) is 6.07. The summed E-state index contributed by atoms with van der Waals surface area (Å²) in [4.78, 5) is 3.69. The molecular weight excluding hydrogens is 420 g/mol. The van der Waals surface area contributed by atoms with Crippen molar-refractivity contribution < 1.29 is 9.47 Å². The molecule has 0 amide bonds. The van der Waals surface area contributed by atoms with Crippen LogP contribution in [0.1, 0.15) is 55.4 Å². The fraction of sp³-hybridized carbons (Fsp3) is 0.333. The number of benzene rings is 3. The number of para-hydroxylation sites is 1. The quantitative estimate of drug-likeness (QED) is 0.352. The second kappa shape index (κ2) is 8.94. The Balaban J connectivity index is 1.42. The summed E-state index contributed by atoms with van der Waals surface area (Å²) in [6, 6.07) is 27.8. The van der Waals surface area contributed by atoms with Crippen molar-refractivity contribution in [2.45, 2.75) is 49.9 Å². The minimum atomic E-state index is -0.158. The van der Waals surface area contributed by atoms with Gasteiger partial charge >= 0.3 is 0 Å². The van der Waals surface area contributed by atoms with Crippen molar-refractivity contribution in [2.75, 3.05) is 13.7 Å². The van der Waals surface area contributed by atoms with Crippen molar-refractivity contribution in [3.63, 3.8) is 0 Å². The molecule has 1 spiro atoms. The number of methoxy groups -OCH3 is 1. The smallest absolute Gasteiger partial charge is 0.137 e. The minimum absolute atomic E-state index is 0.154. The zero-order chi connectivity index (χ0) is 23.0. The van der Waals surface area contributed by atoms with Gasteiger partial charge in [-0.15, -0.1) is 0 Å². The largest absolute Gasteiger partial charge is 0.497 e. The van der Waals surface area contributed by atoms with E-state index in [1.54, 1.807) is 7.11 Å². The Morgan fingerprint density at radius 2 is 1.59 bits per heavy atom. The third-order valence-electron chi connectivity index (χ3n) is 7.78. The SMILES string of the molecule is COc1ccc(C2CNC(c3c(-c4ccccc4)[nH]c4ccccc34)OC23CCCCC3)cc1. The lowest BCUT2D eigenvalue weighted by molar-refractivity contribution is -0.167. The van der Waals surface area contributed by atoms with Crippen molar-refractivity contribution in [3.8, 4) is 17.0 Å². The molecule has 0 bridgehead atoms. The predicted molar refractivity (Wildman–Crippen MR) is 137 cm³/mol. The van der Waals surface area contributed by atoms with Crippen molar-refractivity contribution in [1.82, 2.24) is 10.3 Å². The maximum Gasteiger partial charge on any atom is 0.137 e. The van der Waals surface area contributed by atoms with E-state index in [0.29, 0.717) is 5.92 Å². The molecule has 2 N–H and O–H groups in total. The summed E-state index contributed by atoms with van der Waals surface area (Å²) >= 11 is 0. The van der Waals surface area contributed by atoms with E-state index in [-0.39, 0.29) is 11.8 Å². The first kappa shape index (κ1) is 21.5. The predicted octanol–water partition coefficient (Wildman–Crippen LogP) is 6.95. The normalized spacial score (nSPS) is 22.1. The third kappa shape index (κ3) is 3.71. The van der Waals surface area contributed by atoms with E-state index >= 15 is 0 Å². The first-order valence-electron chi connectivity index (χ1n) is 12.5. The molecule has 0 radical (unpaired) electrons. The van der Waals surface area contributed by atoms with Gasteiger partial charge in [0.25, 0.3) is 0 Å². The Morgan fingerprint density at radius 3 is 2.35 bits per heavy atom. The molecule has 1 saturated heterocycles. The third-order valence-corrected chi connectivity index (χ3v) is 7.78. The van der Waals surface area contributed by atoms with E-state index in [9.17, 15) is 0 Å². The highest BCUT2D eigenvalue weighted by Gasteiger charge is 2.47. The molecule has 2 heterocycles. The van der Waals surface area contributed by atoms with Gasteiger partial charge in [-0.3, -0.25) is 5.32 Å². The summed E-state index contributed by atoms with van der Waals surface area (Å²) < 4.78 is 12.6. The Bertz CT molecular complexity index is 1260. The maximum absolute atomic E-state index is 7.19. The van der Waals surface area contributed by atoms with E-state index in [1.807, 2.05) is 0 Å². The van der Waals surface area contributed by atoms with Crippen LogP contribution in [0.5, 0.6) is 5.75 Å². The van der Waals surface area contributed by atoms with Crippen LogP contribution in [0, 0.1) is 0 Å². The number of hydrogen-bond acceptors (Lipinski definition) is 3. The molecule has 4 aromatic rings. The summed E-state index contributed by atoms with van der Waals surface area (Å²) in [6.07, 6.45) is 5.79. The molecule has 2 atom stereocenters. The van der Waals surface area contributed by atoms with Crippen molar-refractivity contribution >= 4 is 10.9 Å². The molecule has 3 aromatic carbocycles. The van der Waals surface area contributed by atoms with Crippen LogP contribution >= 0.6 is 0 Å². The first-order chi connectivity index (χ1) is 16.8. The Hall–Kier alpha value is -3.08. The van der Waals surface area contributed by atoms with Gasteiger partial charge in [0.15, 0.2) is 0 Å². The second-order valence-electron chi connectivity index (χ2n) is 9.68. The Kier molecular flexibility index (Phi) is 5.64. The average Bonchev–Trinajstić information content (AvgIpc) is 3.29. The van der Waals surface area contributed by atoms with Crippen LogP contribution in [0.4, 0.5) is 0 Å². The number of nitrogens with one attached hydrogen (secondary N) is 2. The zero-order valence-electron chi connectivity index (χ0n) is 19.7. The highest BCUT2D eigenvalue weighted by molar-refractivity contribution is 5.91. The van der Waals surface area contributed by atoms with Crippen LogP contribution in [-0.4, -0.2) is 24.2 Å². The molecular formula is C30H32N2O2. The lowest BCUT2D eigenvalue weighted by atomic mass is 9.71. The molecule has 2 fully saturated rings. The summed E-state index contributed by atoms with van der Waals surface area (Å²) in [7, 11) is 1.72. The monoisotopic (exact) mass is 452 g/mol. The van der Waals surface area contributed by atoms with Gasteiger partial charge in [0.05, 0.1) is 18.4 Å². The van der Waals surface area contributed by atoms with E-state index in [0.717, 1.165) is 36.3 Å². The number of fused-ring (bicyclic) bond motifs is 1. The number of aromatic nitrogens is 1.